The first-order valence-electron chi connectivity index (χ1n) is 7.13. The van der Waals surface area contributed by atoms with Gasteiger partial charge in [0, 0.05) is 24.8 Å². The molecule has 1 N–H and O–H groups in total. The van der Waals surface area contributed by atoms with Crippen molar-refractivity contribution in [2.24, 2.45) is 5.92 Å². The summed E-state index contributed by atoms with van der Waals surface area (Å²) in [5, 5.41) is 2.86. The van der Waals surface area contributed by atoms with Gasteiger partial charge in [-0.15, -0.1) is 0 Å². The second-order valence-corrected chi connectivity index (χ2v) is 6.86. The zero-order chi connectivity index (χ0) is 14.4. The number of rotatable bonds is 6. The van der Waals surface area contributed by atoms with Gasteiger partial charge < -0.3 is 10.2 Å². The molecule has 5 heteroatoms. The lowest BCUT2D eigenvalue weighted by Crippen LogP contribution is -2.48. The summed E-state index contributed by atoms with van der Waals surface area (Å²) in [7, 11) is 0. The second-order valence-electron chi connectivity index (χ2n) is 5.54. The summed E-state index contributed by atoms with van der Waals surface area (Å²) >= 11 is 1.84. The lowest BCUT2D eigenvalue weighted by molar-refractivity contribution is -0.135. The van der Waals surface area contributed by atoms with Gasteiger partial charge in [0.1, 0.15) is 6.04 Å². The first-order chi connectivity index (χ1) is 8.95. The van der Waals surface area contributed by atoms with Crippen LogP contribution in [0.5, 0.6) is 0 Å². The van der Waals surface area contributed by atoms with Crippen LogP contribution < -0.4 is 5.32 Å². The molecule has 1 aliphatic heterocycles. The Bertz CT molecular complexity index is 321. The van der Waals surface area contributed by atoms with E-state index in [0.717, 1.165) is 11.5 Å². The highest BCUT2D eigenvalue weighted by Crippen LogP contribution is 2.16. The number of carbonyl (C=O) groups excluding carboxylic acids is 2. The van der Waals surface area contributed by atoms with Crippen molar-refractivity contribution < 1.29 is 9.59 Å². The maximum absolute atomic E-state index is 12.5. The van der Waals surface area contributed by atoms with Gasteiger partial charge in [-0.1, -0.05) is 20.8 Å². The zero-order valence-corrected chi connectivity index (χ0v) is 13.3. The molecular weight excluding hydrogens is 260 g/mol. The number of hydrogen-bond acceptors (Lipinski definition) is 3. The van der Waals surface area contributed by atoms with Crippen molar-refractivity contribution in [3.05, 3.63) is 0 Å². The molecule has 1 aliphatic rings. The van der Waals surface area contributed by atoms with Crippen LogP contribution in [-0.4, -0.2) is 46.8 Å². The maximum Gasteiger partial charge on any atom is 0.245 e. The van der Waals surface area contributed by atoms with Crippen LogP contribution in [0, 0.1) is 5.92 Å². The van der Waals surface area contributed by atoms with E-state index in [9.17, 15) is 9.59 Å². The number of thioether (sulfide) groups is 1. The molecule has 0 aliphatic carbocycles. The SMILES string of the molecule is CCSCC(C)N1CCC(=O)NC(CC(C)C)C1=O. The lowest BCUT2D eigenvalue weighted by Gasteiger charge is -2.30. The summed E-state index contributed by atoms with van der Waals surface area (Å²) in [6, 6.07) is -0.149. The molecule has 0 bridgehead atoms. The molecule has 19 heavy (non-hydrogen) atoms. The van der Waals surface area contributed by atoms with Crippen LogP contribution in [0.4, 0.5) is 0 Å². The third-order valence-electron chi connectivity index (χ3n) is 3.30. The molecule has 0 aromatic carbocycles. The highest BCUT2D eigenvalue weighted by atomic mass is 32.2. The molecule has 0 saturated carbocycles. The normalized spacial score (nSPS) is 22.4. The van der Waals surface area contributed by atoms with Crippen LogP contribution in [0.25, 0.3) is 0 Å². The van der Waals surface area contributed by atoms with Crippen LogP contribution in [0.3, 0.4) is 0 Å². The first-order valence-corrected chi connectivity index (χ1v) is 8.28. The molecular formula is C14H26N2O2S. The summed E-state index contributed by atoms with van der Waals surface area (Å²) in [6.45, 7) is 8.89. The van der Waals surface area contributed by atoms with Crippen LogP contribution in [0.2, 0.25) is 0 Å². The first kappa shape index (κ1) is 16.3. The number of amides is 2. The van der Waals surface area contributed by atoms with E-state index in [2.05, 4.69) is 33.0 Å². The van der Waals surface area contributed by atoms with Crippen molar-refractivity contribution in [1.82, 2.24) is 10.2 Å². The van der Waals surface area contributed by atoms with Crippen molar-refractivity contribution in [2.45, 2.75) is 52.6 Å². The molecule has 0 spiro atoms. The Labute approximate surface area is 120 Å². The molecule has 0 aromatic heterocycles. The van der Waals surface area contributed by atoms with E-state index in [-0.39, 0.29) is 23.9 Å². The van der Waals surface area contributed by atoms with Gasteiger partial charge >= 0.3 is 0 Å². The van der Waals surface area contributed by atoms with Crippen LogP contribution in [0.15, 0.2) is 0 Å². The average Bonchev–Trinajstić information content (AvgIpc) is 2.46. The van der Waals surface area contributed by atoms with E-state index in [1.807, 2.05) is 16.7 Å². The Morgan fingerprint density at radius 1 is 1.37 bits per heavy atom. The molecule has 0 aromatic rings. The Hall–Kier alpha value is -0.710. The Kier molecular flexibility index (Phi) is 6.69. The van der Waals surface area contributed by atoms with E-state index in [1.165, 1.54) is 0 Å². The van der Waals surface area contributed by atoms with Crippen LogP contribution in [-0.2, 0) is 9.59 Å². The fourth-order valence-corrected chi connectivity index (χ4v) is 3.06. The predicted molar refractivity (Wildman–Crippen MR) is 80.2 cm³/mol. The molecule has 1 saturated heterocycles. The number of nitrogens with one attached hydrogen (secondary N) is 1. The number of hydrogen-bond donors (Lipinski definition) is 1. The molecule has 2 amide bonds. The molecule has 4 nitrogen and oxygen atoms in total. The van der Waals surface area contributed by atoms with Crippen LogP contribution in [0.1, 0.15) is 40.5 Å². The second kappa shape index (κ2) is 7.78. The average molecular weight is 286 g/mol. The fourth-order valence-electron chi connectivity index (χ4n) is 2.31. The molecule has 1 heterocycles. The lowest BCUT2D eigenvalue weighted by atomic mass is 10.0. The third-order valence-corrected chi connectivity index (χ3v) is 4.42. The van der Waals surface area contributed by atoms with Gasteiger partial charge in [0.25, 0.3) is 0 Å². The van der Waals surface area contributed by atoms with Crippen molar-refractivity contribution >= 4 is 23.6 Å². The summed E-state index contributed by atoms with van der Waals surface area (Å²) in [4.78, 5) is 26.1. The van der Waals surface area contributed by atoms with E-state index < -0.39 is 0 Å². The largest absolute Gasteiger partial charge is 0.344 e. The van der Waals surface area contributed by atoms with Crippen molar-refractivity contribution in [1.29, 1.82) is 0 Å². The highest BCUT2D eigenvalue weighted by molar-refractivity contribution is 7.99. The van der Waals surface area contributed by atoms with Gasteiger partial charge in [0.05, 0.1) is 0 Å². The van der Waals surface area contributed by atoms with Crippen molar-refractivity contribution in [3.8, 4) is 0 Å². The quantitative estimate of drug-likeness (QED) is 0.811. The minimum Gasteiger partial charge on any atom is -0.344 e. The fraction of sp³-hybridized carbons (Fsp3) is 0.857. The van der Waals surface area contributed by atoms with E-state index in [0.29, 0.717) is 25.3 Å². The van der Waals surface area contributed by atoms with Crippen molar-refractivity contribution in [3.63, 3.8) is 0 Å². The van der Waals surface area contributed by atoms with Gasteiger partial charge in [-0.05, 0) is 25.0 Å². The number of nitrogens with zero attached hydrogens (tertiary/aromatic N) is 1. The Morgan fingerprint density at radius 3 is 2.63 bits per heavy atom. The smallest absolute Gasteiger partial charge is 0.245 e. The van der Waals surface area contributed by atoms with Gasteiger partial charge in [-0.3, -0.25) is 9.59 Å². The molecule has 1 fully saturated rings. The van der Waals surface area contributed by atoms with E-state index >= 15 is 0 Å². The predicted octanol–water partition coefficient (Wildman–Crippen LogP) is 1.89. The summed E-state index contributed by atoms with van der Waals surface area (Å²) < 4.78 is 0. The Balaban J connectivity index is 2.74. The molecule has 0 radical (unpaired) electrons. The molecule has 1 rings (SSSR count). The minimum absolute atomic E-state index is 0.00292. The highest BCUT2D eigenvalue weighted by Gasteiger charge is 2.32. The standard InChI is InChI=1S/C14H26N2O2S/c1-5-19-9-11(4)16-7-6-13(17)15-12(14(16)18)8-10(2)3/h10-12H,5-9H2,1-4H3,(H,15,17). The van der Waals surface area contributed by atoms with E-state index in [1.54, 1.807) is 0 Å². The van der Waals surface area contributed by atoms with E-state index in [4.69, 9.17) is 0 Å². The van der Waals surface area contributed by atoms with Crippen molar-refractivity contribution in [2.75, 3.05) is 18.1 Å². The van der Waals surface area contributed by atoms with Crippen LogP contribution >= 0.6 is 11.8 Å². The number of carbonyl (C=O) groups is 2. The zero-order valence-electron chi connectivity index (χ0n) is 12.4. The minimum atomic E-state index is -0.343. The molecule has 110 valence electrons. The maximum atomic E-state index is 12.5. The summed E-state index contributed by atoms with van der Waals surface area (Å²) in [5.41, 5.74) is 0. The topological polar surface area (TPSA) is 49.4 Å². The van der Waals surface area contributed by atoms with Gasteiger partial charge in [0.15, 0.2) is 0 Å². The van der Waals surface area contributed by atoms with Gasteiger partial charge in [-0.25, -0.2) is 0 Å². The summed E-state index contributed by atoms with van der Waals surface area (Å²) in [6.07, 6.45) is 1.14. The van der Waals surface area contributed by atoms with Gasteiger partial charge in [-0.2, -0.15) is 11.8 Å². The summed E-state index contributed by atoms with van der Waals surface area (Å²) in [5.74, 6) is 2.47. The molecule has 2 unspecified atom stereocenters. The monoisotopic (exact) mass is 286 g/mol. The van der Waals surface area contributed by atoms with Gasteiger partial charge in [0.2, 0.25) is 11.8 Å². The Morgan fingerprint density at radius 2 is 2.05 bits per heavy atom. The molecule has 2 atom stereocenters. The third kappa shape index (κ3) is 5.05.